The Morgan fingerprint density at radius 2 is 1.62 bits per heavy atom. The lowest BCUT2D eigenvalue weighted by molar-refractivity contribution is -0.150. The zero-order valence-electron chi connectivity index (χ0n) is 19.7. The number of hydrogen-bond donors (Lipinski definition) is 1. The standard InChI is InChI=1S/C27H28O7/c1-5-34-27(30)24-19(14-28)25(29)18-11-7-9-15-8-6-10-17(22(15)18)23(24)16-12-20(31-2)26(33-4)21(13-16)32-3/h6-13,19,23-24,28H,5,14H2,1-4H3/t19-,23-,24-/m1/s1. The second-order valence-corrected chi connectivity index (χ2v) is 8.12. The van der Waals surface area contributed by atoms with E-state index in [0.717, 1.165) is 16.3 Å². The van der Waals surface area contributed by atoms with Crippen LogP contribution in [0, 0.1) is 11.8 Å². The molecule has 1 aliphatic rings. The topological polar surface area (TPSA) is 91.3 Å². The van der Waals surface area contributed by atoms with Crippen LogP contribution in [0.5, 0.6) is 17.2 Å². The second kappa shape index (κ2) is 9.73. The quantitative estimate of drug-likeness (QED) is 0.529. The number of ether oxygens (including phenoxy) is 4. The van der Waals surface area contributed by atoms with Crippen LogP contribution in [0.25, 0.3) is 10.8 Å². The van der Waals surface area contributed by atoms with Gasteiger partial charge >= 0.3 is 5.97 Å². The molecule has 0 aliphatic heterocycles. The summed E-state index contributed by atoms with van der Waals surface area (Å²) in [4.78, 5) is 27.0. The van der Waals surface area contributed by atoms with E-state index < -0.39 is 30.3 Å². The number of aliphatic hydroxyl groups is 1. The molecule has 7 nitrogen and oxygen atoms in total. The zero-order chi connectivity index (χ0) is 24.4. The minimum Gasteiger partial charge on any atom is -0.493 e. The molecule has 3 aromatic carbocycles. The highest BCUT2D eigenvalue weighted by atomic mass is 16.5. The lowest BCUT2D eigenvalue weighted by Gasteiger charge is -2.30. The van der Waals surface area contributed by atoms with Gasteiger partial charge in [0.05, 0.1) is 46.4 Å². The molecular weight excluding hydrogens is 436 g/mol. The van der Waals surface area contributed by atoms with E-state index in [1.807, 2.05) is 30.3 Å². The predicted molar refractivity (Wildman–Crippen MR) is 127 cm³/mol. The molecule has 4 rings (SSSR count). The van der Waals surface area contributed by atoms with Crippen molar-refractivity contribution in [1.29, 1.82) is 0 Å². The molecule has 34 heavy (non-hydrogen) atoms. The number of Topliss-reactive ketones (excluding diaryl/α,β-unsaturated/α-hetero) is 1. The molecule has 0 saturated carbocycles. The van der Waals surface area contributed by atoms with E-state index >= 15 is 0 Å². The summed E-state index contributed by atoms with van der Waals surface area (Å²) in [6, 6.07) is 14.8. The summed E-state index contributed by atoms with van der Waals surface area (Å²) in [5.41, 5.74) is 1.96. The third-order valence-corrected chi connectivity index (χ3v) is 6.47. The lowest BCUT2D eigenvalue weighted by Crippen LogP contribution is -2.37. The molecule has 0 aromatic heterocycles. The van der Waals surface area contributed by atoms with Crippen LogP contribution in [0.2, 0.25) is 0 Å². The van der Waals surface area contributed by atoms with Crippen LogP contribution >= 0.6 is 0 Å². The van der Waals surface area contributed by atoms with Gasteiger partial charge in [-0.15, -0.1) is 0 Å². The summed E-state index contributed by atoms with van der Waals surface area (Å²) in [6.45, 7) is 1.38. The summed E-state index contributed by atoms with van der Waals surface area (Å²) in [6.07, 6.45) is 0. The van der Waals surface area contributed by atoms with Gasteiger partial charge in [0.1, 0.15) is 0 Å². The summed E-state index contributed by atoms with van der Waals surface area (Å²) in [5, 5.41) is 12.0. The van der Waals surface area contributed by atoms with Gasteiger partial charge in [-0.3, -0.25) is 9.59 Å². The van der Waals surface area contributed by atoms with Gasteiger partial charge in [0, 0.05) is 11.5 Å². The number of benzene rings is 3. The van der Waals surface area contributed by atoms with Crippen molar-refractivity contribution >= 4 is 22.5 Å². The third kappa shape index (κ3) is 3.76. The molecule has 0 heterocycles. The summed E-state index contributed by atoms with van der Waals surface area (Å²) >= 11 is 0. The molecule has 0 spiro atoms. The van der Waals surface area contributed by atoms with Gasteiger partial charge in [0.15, 0.2) is 17.3 Å². The molecule has 7 heteroatoms. The van der Waals surface area contributed by atoms with Gasteiger partial charge in [0.2, 0.25) is 5.75 Å². The highest BCUT2D eigenvalue weighted by Crippen LogP contribution is 2.48. The zero-order valence-corrected chi connectivity index (χ0v) is 19.7. The SMILES string of the molecule is CCOC(=O)[C@H]1[C@H](c2cc(OC)c(OC)c(OC)c2)c2cccc3cccc(c23)C(=O)[C@@H]1CO. The summed E-state index contributed by atoms with van der Waals surface area (Å²) in [7, 11) is 4.56. The van der Waals surface area contributed by atoms with Crippen molar-refractivity contribution < 1.29 is 33.6 Å². The van der Waals surface area contributed by atoms with Gasteiger partial charge < -0.3 is 24.1 Å². The molecule has 0 amide bonds. The Balaban J connectivity index is 2.09. The lowest BCUT2D eigenvalue weighted by atomic mass is 9.74. The van der Waals surface area contributed by atoms with Crippen LogP contribution in [-0.4, -0.2) is 51.4 Å². The average molecular weight is 465 g/mol. The molecule has 1 aliphatic carbocycles. The first-order chi connectivity index (χ1) is 16.5. The summed E-state index contributed by atoms with van der Waals surface area (Å²) < 4.78 is 22.0. The van der Waals surface area contributed by atoms with Crippen molar-refractivity contribution in [2.24, 2.45) is 11.8 Å². The Bertz CT molecular complexity index is 1200. The predicted octanol–water partition coefficient (Wildman–Crippen LogP) is 3.98. The molecular formula is C27H28O7. The maximum absolute atomic E-state index is 13.7. The third-order valence-electron chi connectivity index (χ3n) is 6.47. The smallest absolute Gasteiger partial charge is 0.310 e. The maximum atomic E-state index is 13.7. The van der Waals surface area contributed by atoms with Crippen LogP contribution in [0.3, 0.4) is 0 Å². The van der Waals surface area contributed by atoms with Gasteiger partial charge in [-0.05, 0) is 41.0 Å². The number of carbonyl (C=O) groups excluding carboxylic acids is 2. The number of methoxy groups -OCH3 is 3. The van der Waals surface area contributed by atoms with Crippen molar-refractivity contribution in [2.75, 3.05) is 34.5 Å². The molecule has 1 N–H and O–H groups in total. The van der Waals surface area contributed by atoms with Crippen LogP contribution in [0.1, 0.15) is 34.3 Å². The fourth-order valence-electron chi connectivity index (χ4n) is 5.03. The van der Waals surface area contributed by atoms with Gasteiger partial charge in [-0.1, -0.05) is 36.4 Å². The molecule has 3 atom stereocenters. The molecule has 0 bridgehead atoms. The van der Waals surface area contributed by atoms with Crippen molar-refractivity contribution in [1.82, 2.24) is 0 Å². The molecule has 178 valence electrons. The van der Waals surface area contributed by atoms with E-state index in [4.69, 9.17) is 18.9 Å². The highest BCUT2D eigenvalue weighted by molar-refractivity contribution is 6.12. The van der Waals surface area contributed by atoms with E-state index in [-0.39, 0.29) is 12.4 Å². The Morgan fingerprint density at radius 3 is 2.18 bits per heavy atom. The Kier molecular flexibility index (Phi) is 6.75. The number of hydrogen-bond acceptors (Lipinski definition) is 7. The number of rotatable bonds is 7. The van der Waals surface area contributed by atoms with Crippen molar-refractivity contribution in [3.63, 3.8) is 0 Å². The summed E-state index contributed by atoms with van der Waals surface area (Å²) in [5.74, 6) is -2.11. The molecule has 0 unspecified atom stereocenters. The van der Waals surface area contributed by atoms with Crippen molar-refractivity contribution in [3.8, 4) is 17.2 Å². The van der Waals surface area contributed by atoms with E-state index in [2.05, 4.69) is 0 Å². The Hall–Kier alpha value is -3.58. The number of ketones is 1. The highest BCUT2D eigenvalue weighted by Gasteiger charge is 2.45. The first-order valence-corrected chi connectivity index (χ1v) is 11.1. The van der Waals surface area contributed by atoms with Crippen molar-refractivity contribution in [3.05, 3.63) is 65.2 Å². The molecule has 3 aromatic rings. The van der Waals surface area contributed by atoms with Gasteiger partial charge in [-0.25, -0.2) is 0 Å². The van der Waals surface area contributed by atoms with E-state index in [9.17, 15) is 14.7 Å². The van der Waals surface area contributed by atoms with Crippen LogP contribution in [0.15, 0.2) is 48.5 Å². The van der Waals surface area contributed by atoms with E-state index in [1.165, 1.54) is 21.3 Å². The fraction of sp³-hybridized carbons (Fsp3) is 0.333. The number of aliphatic hydroxyl groups excluding tert-OH is 1. The van der Waals surface area contributed by atoms with Crippen LogP contribution in [0.4, 0.5) is 0 Å². The van der Waals surface area contributed by atoms with Gasteiger partial charge in [-0.2, -0.15) is 0 Å². The average Bonchev–Trinajstić information content (AvgIpc) is 2.97. The van der Waals surface area contributed by atoms with Gasteiger partial charge in [0.25, 0.3) is 0 Å². The molecule has 0 fully saturated rings. The minimum absolute atomic E-state index is 0.154. The monoisotopic (exact) mass is 464 g/mol. The second-order valence-electron chi connectivity index (χ2n) is 8.12. The fourth-order valence-corrected chi connectivity index (χ4v) is 5.03. The number of esters is 1. The van der Waals surface area contributed by atoms with Crippen LogP contribution < -0.4 is 14.2 Å². The largest absolute Gasteiger partial charge is 0.493 e. The van der Waals surface area contributed by atoms with Crippen LogP contribution in [-0.2, 0) is 9.53 Å². The first-order valence-electron chi connectivity index (χ1n) is 11.1. The first kappa shape index (κ1) is 23.6. The maximum Gasteiger partial charge on any atom is 0.310 e. The molecule has 0 radical (unpaired) electrons. The van der Waals surface area contributed by atoms with E-state index in [0.29, 0.717) is 28.4 Å². The molecule has 0 saturated heterocycles. The normalized spacial score (nSPS) is 19.4. The minimum atomic E-state index is -0.985. The Morgan fingerprint density at radius 1 is 0.971 bits per heavy atom. The van der Waals surface area contributed by atoms with E-state index in [1.54, 1.807) is 25.1 Å². The number of carbonyl (C=O) groups is 2. The Labute approximate surface area is 198 Å². The van der Waals surface area contributed by atoms with Crippen molar-refractivity contribution in [2.45, 2.75) is 12.8 Å².